The van der Waals surface area contributed by atoms with Gasteiger partial charge in [0.1, 0.15) is 17.2 Å². The second-order valence-electron chi connectivity index (χ2n) is 6.70. The fourth-order valence-electron chi connectivity index (χ4n) is 3.20. The summed E-state index contributed by atoms with van der Waals surface area (Å²) in [7, 11) is 0. The first-order valence-corrected chi connectivity index (χ1v) is 9.24. The zero-order chi connectivity index (χ0) is 20.2. The van der Waals surface area contributed by atoms with Crippen molar-refractivity contribution in [2.75, 3.05) is 11.9 Å². The number of hydrogen-bond acceptors (Lipinski definition) is 5. The van der Waals surface area contributed by atoms with Gasteiger partial charge in [-0.1, -0.05) is 0 Å². The van der Waals surface area contributed by atoms with E-state index in [1.807, 2.05) is 19.1 Å². The van der Waals surface area contributed by atoms with Crippen molar-refractivity contribution in [3.8, 4) is 0 Å². The summed E-state index contributed by atoms with van der Waals surface area (Å²) in [6, 6.07) is 11.0. The quantitative estimate of drug-likeness (QED) is 0.417. The van der Waals surface area contributed by atoms with Crippen molar-refractivity contribution in [2.24, 2.45) is 0 Å². The van der Waals surface area contributed by atoms with E-state index in [1.165, 1.54) is 24.3 Å². The Hall–Kier alpha value is -3.52. The first-order valence-electron chi connectivity index (χ1n) is 9.24. The summed E-state index contributed by atoms with van der Waals surface area (Å²) in [6.45, 7) is 3.31. The third-order valence-corrected chi connectivity index (χ3v) is 4.68. The molecule has 1 amide bonds. The van der Waals surface area contributed by atoms with Gasteiger partial charge in [0.15, 0.2) is 0 Å². The smallest absolute Gasteiger partial charge is 0.255 e. The maximum atomic E-state index is 13.1. The summed E-state index contributed by atoms with van der Waals surface area (Å²) in [5.74, 6) is 0.185. The fourth-order valence-corrected chi connectivity index (χ4v) is 3.20. The van der Waals surface area contributed by atoms with Crippen molar-refractivity contribution in [3.05, 3.63) is 77.1 Å². The Morgan fingerprint density at radius 3 is 2.79 bits per heavy atom. The average molecular weight is 393 g/mol. The lowest BCUT2D eigenvalue weighted by Gasteiger charge is -2.06. The highest BCUT2D eigenvalue weighted by molar-refractivity contribution is 6.05. The summed E-state index contributed by atoms with van der Waals surface area (Å²) in [5, 5.41) is 17.5. The molecule has 0 aliphatic rings. The summed E-state index contributed by atoms with van der Waals surface area (Å²) >= 11 is 0. The Balaban J connectivity index is 1.46. The molecule has 3 N–H and O–H groups in total. The Morgan fingerprint density at radius 2 is 2.03 bits per heavy atom. The summed E-state index contributed by atoms with van der Waals surface area (Å²) in [6.07, 6.45) is 2.45. The van der Waals surface area contributed by atoms with Gasteiger partial charge in [0.05, 0.1) is 11.9 Å². The predicted octanol–water partition coefficient (Wildman–Crippen LogP) is 3.58. The van der Waals surface area contributed by atoms with Crippen molar-refractivity contribution in [2.45, 2.75) is 19.9 Å². The van der Waals surface area contributed by atoms with E-state index in [4.69, 9.17) is 4.42 Å². The fraction of sp³-hybridized carbons (Fsp3) is 0.190. The molecule has 0 radical (unpaired) electrons. The van der Waals surface area contributed by atoms with Gasteiger partial charge in [-0.2, -0.15) is 15.4 Å². The topological polar surface area (TPSA) is 95.8 Å². The molecule has 0 spiro atoms. The van der Waals surface area contributed by atoms with Crippen molar-refractivity contribution >= 4 is 22.6 Å². The average Bonchev–Trinajstić information content (AvgIpc) is 3.33. The lowest BCUT2D eigenvalue weighted by molar-refractivity contribution is 0.102. The Morgan fingerprint density at radius 1 is 1.21 bits per heavy atom. The molecule has 0 saturated carbocycles. The summed E-state index contributed by atoms with van der Waals surface area (Å²) in [4.78, 5) is 12.4. The van der Waals surface area contributed by atoms with Crippen LogP contribution < -0.4 is 10.6 Å². The van der Waals surface area contributed by atoms with E-state index in [2.05, 4.69) is 26.0 Å². The van der Waals surface area contributed by atoms with Crippen LogP contribution in [0.3, 0.4) is 0 Å². The molecule has 29 heavy (non-hydrogen) atoms. The molecule has 0 aliphatic heterocycles. The lowest BCUT2D eigenvalue weighted by atomic mass is 10.1. The van der Waals surface area contributed by atoms with Crippen molar-refractivity contribution < 1.29 is 13.6 Å². The van der Waals surface area contributed by atoms with Crippen LogP contribution >= 0.6 is 0 Å². The Labute approximate surface area is 166 Å². The second kappa shape index (κ2) is 8.24. The van der Waals surface area contributed by atoms with Crippen LogP contribution in [0.2, 0.25) is 0 Å². The van der Waals surface area contributed by atoms with Gasteiger partial charge in [-0.05, 0) is 62.4 Å². The zero-order valence-electron chi connectivity index (χ0n) is 15.8. The largest absolute Gasteiger partial charge is 0.461 e. The number of benzene rings is 2. The van der Waals surface area contributed by atoms with E-state index in [9.17, 15) is 9.18 Å². The van der Waals surface area contributed by atoms with E-state index in [1.54, 1.807) is 12.3 Å². The minimum absolute atomic E-state index is 0.291. The number of nitrogens with zero attached hydrogens (tertiary/aromatic N) is 2. The van der Waals surface area contributed by atoms with Crippen LogP contribution in [0, 0.1) is 12.7 Å². The zero-order valence-corrected chi connectivity index (χ0v) is 15.8. The standard InChI is InChI=1S/C21H20FN5O2/c1-13-18(8-9-23-11-17-12-24-27-26-17)19-10-16(6-7-20(19)29-13)25-21(28)14-2-4-15(22)5-3-14/h2-7,10,12,23H,8-9,11H2,1H3,(H,25,28)(H,24,26,27). The van der Waals surface area contributed by atoms with Crippen molar-refractivity contribution in [3.63, 3.8) is 0 Å². The van der Waals surface area contributed by atoms with E-state index in [0.29, 0.717) is 17.8 Å². The molecular formula is C21H20FN5O2. The molecule has 8 heteroatoms. The molecule has 2 aromatic carbocycles. The van der Waals surface area contributed by atoms with E-state index < -0.39 is 0 Å². The monoisotopic (exact) mass is 393 g/mol. The number of H-pyrrole nitrogens is 1. The van der Waals surface area contributed by atoms with Gasteiger partial charge in [-0.3, -0.25) is 4.79 Å². The molecule has 148 valence electrons. The van der Waals surface area contributed by atoms with Gasteiger partial charge >= 0.3 is 0 Å². The lowest BCUT2D eigenvalue weighted by Crippen LogP contribution is -2.17. The molecule has 0 unspecified atom stereocenters. The number of fused-ring (bicyclic) bond motifs is 1. The number of furan rings is 1. The molecule has 0 bridgehead atoms. The highest BCUT2D eigenvalue weighted by atomic mass is 19.1. The number of aromatic nitrogens is 3. The SMILES string of the molecule is Cc1oc2ccc(NC(=O)c3ccc(F)cc3)cc2c1CCNCc1cn[nH]n1. The first-order chi connectivity index (χ1) is 14.1. The van der Waals surface area contributed by atoms with E-state index >= 15 is 0 Å². The van der Waals surface area contributed by atoms with Crippen LogP contribution in [0.15, 0.2) is 53.1 Å². The normalized spacial score (nSPS) is 11.1. The Kier molecular flexibility index (Phi) is 5.35. The van der Waals surface area contributed by atoms with Gasteiger partial charge in [-0.25, -0.2) is 4.39 Å². The number of carbonyl (C=O) groups is 1. The number of anilines is 1. The van der Waals surface area contributed by atoms with Crippen LogP contribution in [0.4, 0.5) is 10.1 Å². The third kappa shape index (κ3) is 4.33. The van der Waals surface area contributed by atoms with E-state index in [-0.39, 0.29) is 11.7 Å². The van der Waals surface area contributed by atoms with Crippen molar-refractivity contribution in [1.82, 2.24) is 20.7 Å². The second-order valence-corrected chi connectivity index (χ2v) is 6.70. The molecule has 0 aliphatic carbocycles. The number of amides is 1. The molecule has 4 aromatic rings. The number of hydrogen-bond donors (Lipinski definition) is 3. The number of carbonyl (C=O) groups excluding carboxylic acids is 1. The first kappa shape index (κ1) is 18.8. The highest BCUT2D eigenvalue weighted by Gasteiger charge is 2.13. The van der Waals surface area contributed by atoms with Crippen LogP contribution in [0.1, 0.15) is 27.4 Å². The van der Waals surface area contributed by atoms with Gasteiger partial charge in [0.2, 0.25) is 0 Å². The van der Waals surface area contributed by atoms with Crippen LogP contribution in [0.25, 0.3) is 11.0 Å². The van der Waals surface area contributed by atoms with Crippen LogP contribution in [-0.2, 0) is 13.0 Å². The number of halogens is 1. The molecule has 2 heterocycles. The van der Waals surface area contributed by atoms with Gasteiger partial charge < -0.3 is 15.1 Å². The molecule has 0 fully saturated rings. The van der Waals surface area contributed by atoms with Crippen LogP contribution in [-0.4, -0.2) is 27.9 Å². The van der Waals surface area contributed by atoms with Crippen LogP contribution in [0.5, 0.6) is 0 Å². The number of rotatable bonds is 7. The number of aryl methyl sites for hydroxylation is 1. The van der Waals surface area contributed by atoms with Gasteiger partial charge in [0, 0.05) is 28.7 Å². The van der Waals surface area contributed by atoms with E-state index in [0.717, 1.165) is 41.0 Å². The maximum absolute atomic E-state index is 13.1. The van der Waals surface area contributed by atoms with Gasteiger partial charge in [0.25, 0.3) is 5.91 Å². The van der Waals surface area contributed by atoms with Gasteiger partial charge in [-0.15, -0.1) is 0 Å². The maximum Gasteiger partial charge on any atom is 0.255 e. The minimum atomic E-state index is -0.376. The number of nitrogens with one attached hydrogen (secondary N) is 3. The molecule has 4 rings (SSSR count). The molecular weight excluding hydrogens is 373 g/mol. The molecule has 2 aromatic heterocycles. The highest BCUT2D eigenvalue weighted by Crippen LogP contribution is 2.28. The molecule has 0 atom stereocenters. The minimum Gasteiger partial charge on any atom is -0.461 e. The van der Waals surface area contributed by atoms with Crippen molar-refractivity contribution in [1.29, 1.82) is 0 Å². The molecule has 0 saturated heterocycles. The Bertz CT molecular complexity index is 1120. The summed E-state index contributed by atoms with van der Waals surface area (Å²) < 4.78 is 18.9. The number of aromatic amines is 1. The third-order valence-electron chi connectivity index (χ3n) is 4.68. The predicted molar refractivity (Wildman–Crippen MR) is 107 cm³/mol. The summed E-state index contributed by atoms with van der Waals surface area (Å²) in [5.41, 5.74) is 3.76. The molecule has 7 nitrogen and oxygen atoms in total.